The van der Waals surface area contributed by atoms with Crippen molar-refractivity contribution in [1.82, 2.24) is 5.32 Å². The molecule has 0 radical (unpaired) electrons. The molecule has 1 aromatic carbocycles. The predicted octanol–water partition coefficient (Wildman–Crippen LogP) is 1.60. The predicted molar refractivity (Wildman–Crippen MR) is 74.0 cm³/mol. The molecule has 102 valence electrons. The summed E-state index contributed by atoms with van der Waals surface area (Å²) in [4.78, 5) is 13.9. The lowest BCUT2D eigenvalue weighted by Gasteiger charge is -2.33. The fraction of sp³-hybridized carbons (Fsp3) is 0.533. The van der Waals surface area contributed by atoms with Crippen molar-refractivity contribution in [2.45, 2.75) is 37.8 Å². The van der Waals surface area contributed by atoms with Crippen LogP contribution < -0.4 is 10.2 Å². The van der Waals surface area contributed by atoms with Gasteiger partial charge in [-0.15, -0.1) is 0 Å². The third-order valence-electron chi connectivity index (χ3n) is 3.86. The van der Waals surface area contributed by atoms with E-state index in [0.29, 0.717) is 12.5 Å². The zero-order chi connectivity index (χ0) is 13.2. The fourth-order valence-electron chi connectivity index (χ4n) is 2.61. The number of carbonyl (C=O) groups is 1. The standard InChI is InChI=1S/C15H20N2O2/c18-14-7-9-17(13-4-2-1-3-12(13)14)10-8-15(19)16-11-5-6-11/h1-4,11,14,18H,5-10H2,(H,16,19). The van der Waals surface area contributed by atoms with Gasteiger partial charge >= 0.3 is 0 Å². The third kappa shape index (κ3) is 2.89. The molecule has 2 aliphatic rings. The molecule has 0 saturated heterocycles. The second-order valence-electron chi connectivity index (χ2n) is 5.44. The average molecular weight is 260 g/mol. The zero-order valence-corrected chi connectivity index (χ0v) is 11.0. The number of hydrogen-bond acceptors (Lipinski definition) is 3. The number of rotatable bonds is 4. The topological polar surface area (TPSA) is 52.6 Å². The van der Waals surface area contributed by atoms with E-state index in [0.717, 1.165) is 43.6 Å². The van der Waals surface area contributed by atoms with Gasteiger partial charge in [-0.2, -0.15) is 0 Å². The maximum absolute atomic E-state index is 11.7. The Morgan fingerprint density at radius 2 is 2.11 bits per heavy atom. The number of nitrogens with one attached hydrogen (secondary N) is 1. The molecule has 1 fully saturated rings. The Balaban J connectivity index is 1.62. The molecule has 1 aromatic rings. The van der Waals surface area contributed by atoms with E-state index in [1.54, 1.807) is 0 Å². The maximum Gasteiger partial charge on any atom is 0.221 e. The third-order valence-corrected chi connectivity index (χ3v) is 3.86. The van der Waals surface area contributed by atoms with Crippen molar-refractivity contribution in [1.29, 1.82) is 0 Å². The quantitative estimate of drug-likeness (QED) is 0.864. The van der Waals surface area contributed by atoms with E-state index < -0.39 is 0 Å². The highest BCUT2D eigenvalue weighted by Gasteiger charge is 2.25. The molecule has 0 aromatic heterocycles. The summed E-state index contributed by atoms with van der Waals surface area (Å²) in [6, 6.07) is 8.36. The first kappa shape index (κ1) is 12.5. The van der Waals surface area contributed by atoms with Crippen molar-refractivity contribution < 1.29 is 9.90 Å². The number of amides is 1. The number of fused-ring (bicyclic) bond motifs is 1. The maximum atomic E-state index is 11.7. The summed E-state index contributed by atoms with van der Waals surface area (Å²) in [5.41, 5.74) is 2.05. The van der Waals surface area contributed by atoms with E-state index >= 15 is 0 Å². The Hall–Kier alpha value is -1.55. The Labute approximate surface area is 113 Å². The molecule has 1 saturated carbocycles. The lowest BCUT2D eigenvalue weighted by atomic mass is 9.99. The van der Waals surface area contributed by atoms with Crippen molar-refractivity contribution in [2.24, 2.45) is 0 Å². The van der Waals surface area contributed by atoms with Crippen LogP contribution in [0.25, 0.3) is 0 Å². The Kier molecular flexibility index (Phi) is 3.42. The van der Waals surface area contributed by atoms with Crippen molar-refractivity contribution in [3.05, 3.63) is 29.8 Å². The first-order chi connectivity index (χ1) is 9.24. The molecule has 0 spiro atoms. The van der Waals surface area contributed by atoms with Gasteiger partial charge in [0.05, 0.1) is 6.10 Å². The number of para-hydroxylation sites is 1. The van der Waals surface area contributed by atoms with Crippen molar-refractivity contribution >= 4 is 11.6 Å². The number of benzene rings is 1. The van der Waals surface area contributed by atoms with Gasteiger partial charge in [0, 0.05) is 36.8 Å². The molecule has 1 aliphatic carbocycles. The number of carbonyl (C=O) groups excluding carboxylic acids is 1. The number of aliphatic hydroxyl groups excluding tert-OH is 1. The SMILES string of the molecule is O=C(CCN1CCC(O)c2ccccc21)NC1CC1. The monoisotopic (exact) mass is 260 g/mol. The first-order valence-electron chi connectivity index (χ1n) is 7.05. The number of anilines is 1. The molecule has 0 bridgehead atoms. The Bertz CT molecular complexity index is 471. The van der Waals surface area contributed by atoms with E-state index in [2.05, 4.69) is 10.2 Å². The normalized spacial score (nSPS) is 21.9. The van der Waals surface area contributed by atoms with Gasteiger partial charge < -0.3 is 15.3 Å². The molecule has 4 nitrogen and oxygen atoms in total. The molecule has 3 rings (SSSR count). The lowest BCUT2D eigenvalue weighted by Crippen LogP contribution is -2.35. The van der Waals surface area contributed by atoms with Crippen LogP contribution in [-0.4, -0.2) is 30.1 Å². The van der Waals surface area contributed by atoms with Gasteiger partial charge in [0.25, 0.3) is 0 Å². The molecule has 2 N–H and O–H groups in total. The van der Waals surface area contributed by atoms with Crippen LogP contribution in [0, 0.1) is 0 Å². The van der Waals surface area contributed by atoms with Crippen LogP contribution in [0.5, 0.6) is 0 Å². The average Bonchev–Trinajstić information content (AvgIpc) is 3.22. The van der Waals surface area contributed by atoms with Crippen LogP contribution in [-0.2, 0) is 4.79 Å². The first-order valence-corrected chi connectivity index (χ1v) is 7.05. The molecule has 1 amide bonds. The van der Waals surface area contributed by atoms with Gasteiger partial charge in [-0.25, -0.2) is 0 Å². The van der Waals surface area contributed by atoms with Crippen LogP contribution in [0.1, 0.15) is 37.4 Å². The van der Waals surface area contributed by atoms with Crippen LogP contribution in [0.2, 0.25) is 0 Å². The van der Waals surface area contributed by atoms with E-state index in [4.69, 9.17) is 0 Å². The minimum atomic E-state index is -0.368. The molecular formula is C15H20N2O2. The molecule has 19 heavy (non-hydrogen) atoms. The van der Waals surface area contributed by atoms with Crippen LogP contribution >= 0.6 is 0 Å². The smallest absolute Gasteiger partial charge is 0.221 e. The highest BCUT2D eigenvalue weighted by molar-refractivity contribution is 5.77. The van der Waals surface area contributed by atoms with Crippen LogP contribution in [0.15, 0.2) is 24.3 Å². The second-order valence-corrected chi connectivity index (χ2v) is 5.44. The highest BCUT2D eigenvalue weighted by atomic mass is 16.3. The van der Waals surface area contributed by atoms with E-state index in [1.807, 2.05) is 24.3 Å². The highest BCUT2D eigenvalue weighted by Crippen LogP contribution is 2.33. The van der Waals surface area contributed by atoms with Crippen LogP contribution in [0.3, 0.4) is 0 Å². The van der Waals surface area contributed by atoms with Crippen LogP contribution in [0.4, 0.5) is 5.69 Å². The van der Waals surface area contributed by atoms with Crippen molar-refractivity contribution in [3.8, 4) is 0 Å². The summed E-state index contributed by atoms with van der Waals surface area (Å²) >= 11 is 0. The van der Waals surface area contributed by atoms with E-state index in [-0.39, 0.29) is 12.0 Å². The number of hydrogen-bond donors (Lipinski definition) is 2. The van der Waals surface area contributed by atoms with Crippen molar-refractivity contribution in [2.75, 3.05) is 18.0 Å². The second kappa shape index (κ2) is 5.21. The van der Waals surface area contributed by atoms with E-state index in [9.17, 15) is 9.90 Å². The Morgan fingerprint density at radius 1 is 1.32 bits per heavy atom. The lowest BCUT2D eigenvalue weighted by molar-refractivity contribution is -0.121. The summed E-state index contributed by atoms with van der Waals surface area (Å²) in [7, 11) is 0. The van der Waals surface area contributed by atoms with Gasteiger partial charge in [-0.3, -0.25) is 4.79 Å². The molecule has 1 aliphatic heterocycles. The van der Waals surface area contributed by atoms with Gasteiger partial charge in [-0.05, 0) is 25.3 Å². The molecular weight excluding hydrogens is 240 g/mol. The van der Waals surface area contributed by atoms with Gasteiger partial charge in [-0.1, -0.05) is 18.2 Å². The fourth-order valence-corrected chi connectivity index (χ4v) is 2.61. The van der Waals surface area contributed by atoms with Gasteiger partial charge in [0.2, 0.25) is 5.91 Å². The summed E-state index contributed by atoms with van der Waals surface area (Å²) in [5, 5.41) is 13.0. The number of aliphatic hydroxyl groups is 1. The summed E-state index contributed by atoms with van der Waals surface area (Å²) < 4.78 is 0. The van der Waals surface area contributed by atoms with Gasteiger partial charge in [0.1, 0.15) is 0 Å². The Morgan fingerprint density at radius 3 is 2.89 bits per heavy atom. The zero-order valence-electron chi connectivity index (χ0n) is 11.0. The van der Waals surface area contributed by atoms with Gasteiger partial charge in [0.15, 0.2) is 0 Å². The molecule has 1 unspecified atom stereocenters. The summed E-state index contributed by atoms with van der Waals surface area (Å²) in [6.07, 6.45) is 3.16. The van der Waals surface area contributed by atoms with E-state index in [1.165, 1.54) is 0 Å². The summed E-state index contributed by atoms with van der Waals surface area (Å²) in [6.45, 7) is 1.54. The molecule has 1 heterocycles. The van der Waals surface area contributed by atoms with Crippen molar-refractivity contribution in [3.63, 3.8) is 0 Å². The molecule has 4 heteroatoms. The largest absolute Gasteiger partial charge is 0.388 e. The minimum absolute atomic E-state index is 0.145. The molecule has 1 atom stereocenters. The minimum Gasteiger partial charge on any atom is -0.388 e. The number of nitrogens with zero attached hydrogens (tertiary/aromatic N) is 1. The summed E-state index contributed by atoms with van der Waals surface area (Å²) in [5.74, 6) is 0.145.